The Balaban J connectivity index is 1.32. The second kappa shape index (κ2) is 10.7. The number of likely N-dealkylation sites (tertiary alicyclic amines) is 1. The third-order valence-electron chi connectivity index (χ3n) is 10.3. The summed E-state index contributed by atoms with van der Waals surface area (Å²) < 4.78 is 6.13. The third-order valence-corrected chi connectivity index (χ3v) is 10.3. The van der Waals surface area contributed by atoms with Crippen LogP contribution >= 0.6 is 0 Å². The highest BCUT2D eigenvalue weighted by molar-refractivity contribution is 5.82. The maximum Gasteiger partial charge on any atom is 0.323 e. The highest BCUT2D eigenvalue weighted by Crippen LogP contribution is 2.47. The molecule has 192 valence electrons. The summed E-state index contributed by atoms with van der Waals surface area (Å²) in [5.41, 5.74) is 12.1. The monoisotopic (exact) mass is 474 g/mol. The van der Waals surface area contributed by atoms with E-state index in [2.05, 4.69) is 10.1 Å². The zero-order valence-electron chi connectivity index (χ0n) is 20.8. The fraction of sp³-hybridized carbons (Fsp3) is 0.926. The van der Waals surface area contributed by atoms with Gasteiger partial charge in [-0.2, -0.15) is 0 Å². The van der Waals surface area contributed by atoms with Crippen molar-refractivity contribution in [3.63, 3.8) is 0 Å². The molecule has 1 aliphatic heterocycles. The first-order valence-corrected chi connectivity index (χ1v) is 14.2. The smallest absolute Gasteiger partial charge is 0.323 e. The Morgan fingerprint density at radius 2 is 1.68 bits per heavy atom. The molecule has 1 saturated heterocycles. The van der Waals surface area contributed by atoms with Crippen molar-refractivity contribution in [3.8, 4) is 0 Å². The number of hydrogen-bond acceptors (Lipinski definition) is 6. The van der Waals surface area contributed by atoms with Gasteiger partial charge in [0.2, 0.25) is 0 Å². The SMILES string of the molecule is N/C(=N\O)C1CCC2CC(C(=O)OC3CCC(N)CC3)N(CC3CCCC4CCCCC43)C2C1. The van der Waals surface area contributed by atoms with Crippen molar-refractivity contribution in [1.82, 2.24) is 4.90 Å². The summed E-state index contributed by atoms with van der Waals surface area (Å²) in [4.78, 5) is 16.1. The van der Waals surface area contributed by atoms with E-state index in [4.69, 9.17) is 16.2 Å². The van der Waals surface area contributed by atoms with Crippen LogP contribution in [-0.2, 0) is 9.53 Å². The lowest BCUT2D eigenvalue weighted by Crippen LogP contribution is -2.50. The number of oxime groups is 1. The van der Waals surface area contributed by atoms with Gasteiger partial charge in [-0.1, -0.05) is 37.3 Å². The number of nitrogens with zero attached hydrogens (tertiary/aromatic N) is 2. The van der Waals surface area contributed by atoms with Crippen molar-refractivity contribution in [3.05, 3.63) is 0 Å². The molecule has 7 heteroatoms. The zero-order chi connectivity index (χ0) is 23.7. The van der Waals surface area contributed by atoms with E-state index >= 15 is 0 Å². The molecule has 0 aromatic carbocycles. The molecule has 0 spiro atoms. The highest BCUT2D eigenvalue weighted by atomic mass is 16.5. The van der Waals surface area contributed by atoms with Gasteiger partial charge in [-0.25, -0.2) is 0 Å². The average molecular weight is 475 g/mol. The number of hydrogen-bond donors (Lipinski definition) is 3. The van der Waals surface area contributed by atoms with Gasteiger partial charge in [0.05, 0.1) is 0 Å². The molecule has 7 atom stereocenters. The van der Waals surface area contributed by atoms with E-state index in [1.165, 1.54) is 44.9 Å². The summed E-state index contributed by atoms with van der Waals surface area (Å²) in [6, 6.07) is 0.451. The molecule has 0 bridgehead atoms. The van der Waals surface area contributed by atoms with Crippen molar-refractivity contribution in [1.29, 1.82) is 0 Å². The highest BCUT2D eigenvalue weighted by Gasteiger charge is 2.50. The molecule has 4 aliphatic carbocycles. The predicted molar refractivity (Wildman–Crippen MR) is 132 cm³/mol. The molecule has 7 nitrogen and oxygen atoms in total. The molecule has 0 radical (unpaired) electrons. The molecule has 0 aromatic heterocycles. The lowest BCUT2D eigenvalue weighted by Gasteiger charge is -2.45. The summed E-state index contributed by atoms with van der Waals surface area (Å²) in [7, 11) is 0. The Labute approximate surface area is 205 Å². The van der Waals surface area contributed by atoms with E-state index in [1.807, 2.05) is 0 Å². The second-order valence-corrected chi connectivity index (χ2v) is 12.2. The van der Waals surface area contributed by atoms with Crippen molar-refractivity contribution in [2.45, 2.75) is 121 Å². The summed E-state index contributed by atoms with van der Waals surface area (Å²) in [5, 5.41) is 12.6. The number of ether oxygens (including phenoxy) is 1. The summed E-state index contributed by atoms with van der Waals surface area (Å²) in [6.07, 6.45) is 17.0. The van der Waals surface area contributed by atoms with Gasteiger partial charge in [0.25, 0.3) is 0 Å². The molecule has 5 fully saturated rings. The quantitative estimate of drug-likeness (QED) is 0.182. The Hall–Kier alpha value is -1.34. The van der Waals surface area contributed by atoms with Crippen molar-refractivity contribution in [2.75, 3.05) is 6.54 Å². The molecule has 1 heterocycles. The topological polar surface area (TPSA) is 114 Å². The minimum Gasteiger partial charge on any atom is -0.461 e. The Bertz CT molecular complexity index is 735. The standard InChI is InChI=1S/C27H46N4O3/c28-21-10-12-22(13-11-21)34-27(32)25-14-18-8-9-19(26(29)30-33)15-24(18)31(25)16-20-6-3-5-17-4-1-2-7-23(17)20/h17-25,33H,1-16,28H2,(H2,29,30). The Kier molecular flexibility index (Phi) is 7.69. The van der Waals surface area contributed by atoms with Crippen molar-refractivity contribution >= 4 is 11.8 Å². The van der Waals surface area contributed by atoms with Crippen molar-refractivity contribution in [2.24, 2.45) is 46.2 Å². The molecule has 0 amide bonds. The number of fused-ring (bicyclic) bond motifs is 2. The van der Waals surface area contributed by atoms with Crippen LogP contribution in [0.4, 0.5) is 0 Å². The number of carbonyl (C=O) groups is 1. The van der Waals surface area contributed by atoms with Gasteiger partial charge in [-0.05, 0) is 87.9 Å². The first-order chi connectivity index (χ1) is 16.5. The molecule has 34 heavy (non-hydrogen) atoms. The van der Waals surface area contributed by atoms with Crippen LogP contribution < -0.4 is 11.5 Å². The molecular weight excluding hydrogens is 428 g/mol. The lowest BCUT2D eigenvalue weighted by molar-refractivity contribution is -0.157. The molecule has 5 aliphatic rings. The maximum absolute atomic E-state index is 13.6. The number of rotatable bonds is 5. The van der Waals surface area contributed by atoms with Crippen LogP contribution in [0, 0.1) is 29.6 Å². The largest absolute Gasteiger partial charge is 0.461 e. The van der Waals surface area contributed by atoms with E-state index in [1.54, 1.807) is 0 Å². The third kappa shape index (κ3) is 5.11. The van der Waals surface area contributed by atoms with E-state index < -0.39 is 0 Å². The minimum absolute atomic E-state index is 0.00813. The van der Waals surface area contributed by atoms with E-state index in [0.29, 0.717) is 23.7 Å². The summed E-state index contributed by atoms with van der Waals surface area (Å²) in [6.45, 7) is 1.01. The number of carbonyl (C=O) groups excluding carboxylic acids is 1. The van der Waals surface area contributed by atoms with Crippen LogP contribution in [0.3, 0.4) is 0 Å². The van der Waals surface area contributed by atoms with Crippen molar-refractivity contribution < 1.29 is 14.7 Å². The molecule has 5 rings (SSSR count). The van der Waals surface area contributed by atoms with Gasteiger partial charge in [-0.3, -0.25) is 9.69 Å². The van der Waals surface area contributed by atoms with Crippen LogP contribution in [-0.4, -0.2) is 52.7 Å². The minimum atomic E-state index is -0.138. The lowest BCUT2D eigenvalue weighted by atomic mass is 9.65. The van der Waals surface area contributed by atoms with Gasteiger partial charge in [0.15, 0.2) is 0 Å². The van der Waals surface area contributed by atoms with E-state index in [0.717, 1.165) is 69.7 Å². The molecule has 5 N–H and O–H groups in total. The number of amidine groups is 1. The normalized spacial score (nSPS) is 43.7. The van der Waals surface area contributed by atoms with Gasteiger partial charge in [0.1, 0.15) is 18.0 Å². The number of esters is 1. The molecule has 0 aromatic rings. The first kappa shape index (κ1) is 24.4. The Morgan fingerprint density at radius 3 is 2.47 bits per heavy atom. The van der Waals surface area contributed by atoms with Crippen LogP contribution in [0.1, 0.15) is 96.3 Å². The predicted octanol–water partition coefficient (Wildman–Crippen LogP) is 4.01. The Morgan fingerprint density at radius 1 is 0.912 bits per heavy atom. The first-order valence-electron chi connectivity index (χ1n) is 14.2. The maximum atomic E-state index is 13.6. The molecule has 7 unspecified atom stereocenters. The fourth-order valence-electron chi connectivity index (χ4n) is 8.41. The van der Waals surface area contributed by atoms with Crippen LogP contribution in [0.2, 0.25) is 0 Å². The molecule has 4 saturated carbocycles. The van der Waals surface area contributed by atoms with Crippen LogP contribution in [0.25, 0.3) is 0 Å². The van der Waals surface area contributed by atoms with Gasteiger partial charge >= 0.3 is 5.97 Å². The van der Waals surface area contributed by atoms with Gasteiger partial charge in [0, 0.05) is 24.5 Å². The fourth-order valence-corrected chi connectivity index (χ4v) is 8.41. The summed E-state index contributed by atoms with van der Waals surface area (Å²) >= 11 is 0. The number of nitrogens with two attached hydrogens (primary N) is 2. The van der Waals surface area contributed by atoms with E-state index in [9.17, 15) is 10.0 Å². The van der Waals surface area contributed by atoms with Crippen LogP contribution in [0.15, 0.2) is 5.16 Å². The van der Waals surface area contributed by atoms with Gasteiger partial charge in [-0.15, -0.1) is 0 Å². The van der Waals surface area contributed by atoms with Crippen LogP contribution in [0.5, 0.6) is 0 Å². The average Bonchev–Trinajstić information content (AvgIpc) is 3.23. The van der Waals surface area contributed by atoms with E-state index in [-0.39, 0.29) is 30.1 Å². The summed E-state index contributed by atoms with van der Waals surface area (Å²) in [5.74, 6) is 3.35. The molecular formula is C27H46N4O3. The van der Waals surface area contributed by atoms with Gasteiger partial charge < -0.3 is 21.4 Å². The zero-order valence-corrected chi connectivity index (χ0v) is 20.8. The second-order valence-electron chi connectivity index (χ2n) is 12.2.